The Kier molecular flexibility index (Phi) is 5.64. The predicted molar refractivity (Wildman–Crippen MR) is 59.8 cm³/mol. The van der Waals surface area contributed by atoms with Crippen LogP contribution < -0.4 is 5.32 Å². The van der Waals surface area contributed by atoms with E-state index >= 15 is 0 Å². The van der Waals surface area contributed by atoms with E-state index in [1.165, 1.54) is 0 Å². The molecule has 0 saturated carbocycles. The number of esters is 1. The molecule has 18 heavy (non-hydrogen) atoms. The molecule has 1 aromatic rings. The molecule has 6 heteroatoms. The molecular formula is C12H14F3NO2. The molecule has 0 amide bonds. The summed E-state index contributed by atoms with van der Waals surface area (Å²) in [5.74, 6) is -0.568. The number of hydrogen-bond donors (Lipinski definition) is 1. The first-order chi connectivity index (χ1) is 8.47. The van der Waals surface area contributed by atoms with Gasteiger partial charge >= 0.3 is 12.1 Å². The molecular weight excluding hydrogens is 247 g/mol. The molecule has 0 fully saturated rings. The Hall–Kier alpha value is -1.56. The summed E-state index contributed by atoms with van der Waals surface area (Å²) in [6, 6.07) is 9.05. The quantitative estimate of drug-likeness (QED) is 0.630. The molecule has 0 heterocycles. The van der Waals surface area contributed by atoms with Crippen molar-refractivity contribution < 1.29 is 22.7 Å². The van der Waals surface area contributed by atoms with Crippen LogP contribution in [0.4, 0.5) is 13.2 Å². The fourth-order valence-corrected chi connectivity index (χ4v) is 1.21. The van der Waals surface area contributed by atoms with Crippen LogP contribution in [0, 0.1) is 0 Å². The highest BCUT2D eigenvalue weighted by Crippen LogP contribution is 2.17. The molecule has 1 rings (SSSR count). The van der Waals surface area contributed by atoms with Crippen molar-refractivity contribution in [2.45, 2.75) is 19.2 Å². The van der Waals surface area contributed by atoms with E-state index in [1.807, 2.05) is 18.2 Å². The molecule has 0 aliphatic carbocycles. The van der Waals surface area contributed by atoms with Crippen molar-refractivity contribution >= 4 is 5.97 Å². The summed E-state index contributed by atoms with van der Waals surface area (Å²) in [4.78, 5) is 11.2. The van der Waals surface area contributed by atoms with Gasteiger partial charge in [0.1, 0.15) is 6.61 Å². The second-order valence-electron chi connectivity index (χ2n) is 3.69. The van der Waals surface area contributed by atoms with Crippen molar-refractivity contribution in [1.29, 1.82) is 0 Å². The van der Waals surface area contributed by atoms with Crippen LogP contribution >= 0.6 is 0 Å². The lowest BCUT2D eigenvalue weighted by molar-refractivity contribution is -0.145. The first-order valence-corrected chi connectivity index (χ1v) is 5.44. The lowest BCUT2D eigenvalue weighted by atomic mass is 10.2. The molecule has 0 bridgehead atoms. The number of carbonyl (C=O) groups is 1. The third-order valence-electron chi connectivity index (χ3n) is 2.10. The first-order valence-electron chi connectivity index (χ1n) is 5.44. The van der Waals surface area contributed by atoms with E-state index in [9.17, 15) is 18.0 Å². The maximum atomic E-state index is 11.8. The van der Waals surface area contributed by atoms with Crippen molar-refractivity contribution in [2.75, 3.05) is 13.1 Å². The highest BCUT2D eigenvalue weighted by molar-refractivity contribution is 5.71. The zero-order chi connectivity index (χ0) is 13.4. The minimum absolute atomic E-state index is 0.126. The van der Waals surface area contributed by atoms with Gasteiger partial charge in [-0.15, -0.1) is 0 Å². The van der Waals surface area contributed by atoms with Gasteiger partial charge in [-0.1, -0.05) is 30.3 Å². The van der Waals surface area contributed by atoms with E-state index in [4.69, 9.17) is 4.74 Å². The van der Waals surface area contributed by atoms with Gasteiger partial charge < -0.3 is 10.1 Å². The minimum atomic E-state index is -4.21. The summed E-state index contributed by atoms with van der Waals surface area (Å²) in [6.07, 6.45) is -5.17. The maximum Gasteiger partial charge on any atom is 0.390 e. The first kappa shape index (κ1) is 14.5. The van der Waals surface area contributed by atoms with Crippen LogP contribution in [-0.2, 0) is 16.1 Å². The fraction of sp³-hybridized carbons (Fsp3) is 0.417. The number of rotatable bonds is 6. The third-order valence-corrected chi connectivity index (χ3v) is 2.10. The molecule has 1 aromatic carbocycles. The van der Waals surface area contributed by atoms with Crippen LogP contribution in [0.15, 0.2) is 30.3 Å². The van der Waals surface area contributed by atoms with E-state index in [-0.39, 0.29) is 19.7 Å². The van der Waals surface area contributed by atoms with E-state index in [2.05, 4.69) is 5.32 Å². The Morgan fingerprint density at radius 1 is 1.22 bits per heavy atom. The molecule has 0 saturated heterocycles. The summed E-state index contributed by atoms with van der Waals surface area (Å²) in [6.45, 7) is -0.381. The second kappa shape index (κ2) is 7.00. The second-order valence-corrected chi connectivity index (χ2v) is 3.69. The van der Waals surface area contributed by atoms with Crippen molar-refractivity contribution in [1.82, 2.24) is 5.32 Å². The van der Waals surface area contributed by atoms with Gasteiger partial charge in [-0.05, 0) is 5.56 Å². The van der Waals surface area contributed by atoms with Crippen LogP contribution in [0.1, 0.15) is 12.0 Å². The van der Waals surface area contributed by atoms with Gasteiger partial charge in [-0.25, -0.2) is 0 Å². The van der Waals surface area contributed by atoms with Crippen molar-refractivity contribution in [3.63, 3.8) is 0 Å². The Labute approximate surface area is 103 Å². The number of ether oxygens (including phenoxy) is 1. The smallest absolute Gasteiger partial charge is 0.390 e. The normalized spacial score (nSPS) is 11.3. The van der Waals surface area contributed by atoms with Crippen molar-refractivity contribution in [2.24, 2.45) is 0 Å². The zero-order valence-corrected chi connectivity index (χ0v) is 9.67. The summed E-state index contributed by atoms with van der Waals surface area (Å²) in [5, 5.41) is 2.38. The molecule has 0 unspecified atom stereocenters. The number of halogens is 3. The average Bonchev–Trinajstić information content (AvgIpc) is 2.32. The highest BCUT2D eigenvalue weighted by Gasteiger charge is 2.26. The molecule has 0 aliphatic rings. The maximum absolute atomic E-state index is 11.8. The molecule has 100 valence electrons. The fourth-order valence-electron chi connectivity index (χ4n) is 1.21. The lowest BCUT2D eigenvalue weighted by Crippen LogP contribution is -2.28. The monoisotopic (exact) mass is 261 g/mol. The van der Waals surface area contributed by atoms with Crippen LogP contribution in [0.25, 0.3) is 0 Å². The standard InChI is InChI=1S/C12H14F3NO2/c13-12(14,15)6-7-16-8-11(17)18-9-10-4-2-1-3-5-10/h1-5,16H,6-9H2. The number of hydrogen-bond acceptors (Lipinski definition) is 3. The van der Waals surface area contributed by atoms with Crippen molar-refractivity contribution in [3.05, 3.63) is 35.9 Å². The summed E-state index contributed by atoms with van der Waals surface area (Å²) in [7, 11) is 0. The van der Waals surface area contributed by atoms with Gasteiger partial charge in [0.25, 0.3) is 0 Å². The molecule has 0 aromatic heterocycles. The van der Waals surface area contributed by atoms with Crippen molar-refractivity contribution in [3.8, 4) is 0 Å². The van der Waals surface area contributed by atoms with Crippen LogP contribution in [0.5, 0.6) is 0 Å². The summed E-state index contributed by atoms with van der Waals surface area (Å²) in [5.41, 5.74) is 0.834. The van der Waals surface area contributed by atoms with Gasteiger partial charge in [-0.3, -0.25) is 4.79 Å². The number of carbonyl (C=O) groups excluding carboxylic acids is 1. The number of nitrogens with one attached hydrogen (secondary N) is 1. The molecule has 0 spiro atoms. The molecule has 3 nitrogen and oxygen atoms in total. The van der Waals surface area contributed by atoms with E-state index in [1.54, 1.807) is 12.1 Å². The Morgan fingerprint density at radius 2 is 1.89 bits per heavy atom. The van der Waals surface area contributed by atoms with E-state index in [0.717, 1.165) is 5.56 Å². The van der Waals surface area contributed by atoms with E-state index in [0.29, 0.717) is 0 Å². The average molecular weight is 261 g/mol. The van der Waals surface area contributed by atoms with Gasteiger partial charge in [0.15, 0.2) is 0 Å². The topological polar surface area (TPSA) is 38.3 Å². The lowest BCUT2D eigenvalue weighted by Gasteiger charge is -2.08. The van der Waals surface area contributed by atoms with Crippen LogP contribution in [-0.4, -0.2) is 25.2 Å². The molecule has 0 atom stereocenters. The third kappa shape index (κ3) is 6.90. The Bertz CT molecular complexity index is 365. The number of benzene rings is 1. The largest absolute Gasteiger partial charge is 0.460 e. The van der Waals surface area contributed by atoms with E-state index < -0.39 is 18.6 Å². The Morgan fingerprint density at radius 3 is 2.50 bits per heavy atom. The molecule has 1 N–H and O–H groups in total. The number of alkyl halides is 3. The minimum Gasteiger partial charge on any atom is -0.460 e. The zero-order valence-electron chi connectivity index (χ0n) is 9.67. The van der Waals surface area contributed by atoms with Gasteiger partial charge in [0.2, 0.25) is 0 Å². The summed E-state index contributed by atoms with van der Waals surface area (Å²) < 4.78 is 40.3. The summed E-state index contributed by atoms with van der Waals surface area (Å²) >= 11 is 0. The predicted octanol–water partition coefficient (Wildman–Crippen LogP) is 2.27. The van der Waals surface area contributed by atoms with Gasteiger partial charge in [0.05, 0.1) is 13.0 Å². The molecule has 0 radical (unpaired) electrons. The van der Waals surface area contributed by atoms with Crippen LogP contribution in [0.2, 0.25) is 0 Å². The SMILES string of the molecule is O=C(CNCCC(F)(F)F)OCc1ccccc1. The Balaban J connectivity index is 2.11. The highest BCUT2D eigenvalue weighted by atomic mass is 19.4. The van der Waals surface area contributed by atoms with Gasteiger partial charge in [0, 0.05) is 6.54 Å². The van der Waals surface area contributed by atoms with Gasteiger partial charge in [-0.2, -0.15) is 13.2 Å². The molecule has 0 aliphatic heterocycles. The van der Waals surface area contributed by atoms with Crippen LogP contribution in [0.3, 0.4) is 0 Å².